The summed E-state index contributed by atoms with van der Waals surface area (Å²) >= 11 is 0. The maximum Gasteiger partial charge on any atom is 0.119 e. The summed E-state index contributed by atoms with van der Waals surface area (Å²) in [7, 11) is 0. The molecule has 1 aliphatic heterocycles. The summed E-state index contributed by atoms with van der Waals surface area (Å²) < 4.78 is 11.3. The van der Waals surface area contributed by atoms with Crippen molar-refractivity contribution in [1.82, 2.24) is 15.1 Å². The SMILES string of the molecule is CCN1CCN(C[C@H](O)COc2cccc(CNCCOC(C)C)c2)CC1. The number of nitrogens with zero attached hydrogens (tertiary/aromatic N) is 2. The lowest BCUT2D eigenvalue weighted by Gasteiger charge is -2.34. The van der Waals surface area contributed by atoms with Gasteiger partial charge in [0, 0.05) is 45.8 Å². The lowest BCUT2D eigenvalue weighted by molar-refractivity contribution is 0.0471. The van der Waals surface area contributed by atoms with E-state index in [2.05, 4.69) is 28.1 Å². The number of nitrogens with one attached hydrogen (secondary N) is 1. The fourth-order valence-electron chi connectivity index (χ4n) is 3.18. The number of β-amino-alcohol motifs (C(OH)–C–C–N with tert-alkyl or cyclic N) is 1. The van der Waals surface area contributed by atoms with Gasteiger partial charge in [0.15, 0.2) is 0 Å². The topological polar surface area (TPSA) is 57.2 Å². The average Bonchev–Trinajstić information content (AvgIpc) is 2.67. The molecular weight excluding hydrogens is 342 g/mol. The molecule has 1 fully saturated rings. The van der Waals surface area contributed by atoms with Gasteiger partial charge in [0.2, 0.25) is 0 Å². The fraction of sp³-hybridized carbons (Fsp3) is 0.714. The molecule has 0 spiro atoms. The zero-order valence-corrected chi connectivity index (χ0v) is 17.2. The second kappa shape index (κ2) is 12.3. The Labute approximate surface area is 164 Å². The molecule has 0 saturated carbocycles. The van der Waals surface area contributed by atoms with Crippen LogP contribution in [0.3, 0.4) is 0 Å². The molecule has 2 rings (SSSR count). The highest BCUT2D eigenvalue weighted by Gasteiger charge is 2.18. The first-order valence-corrected chi connectivity index (χ1v) is 10.2. The summed E-state index contributed by atoms with van der Waals surface area (Å²) in [6, 6.07) is 8.04. The molecule has 1 aliphatic rings. The van der Waals surface area contributed by atoms with Crippen molar-refractivity contribution in [3.63, 3.8) is 0 Å². The minimum Gasteiger partial charge on any atom is -0.491 e. The van der Waals surface area contributed by atoms with Crippen molar-refractivity contribution in [3.8, 4) is 5.75 Å². The van der Waals surface area contributed by atoms with Crippen LogP contribution in [-0.4, -0.2) is 86.1 Å². The van der Waals surface area contributed by atoms with Crippen molar-refractivity contribution in [2.24, 2.45) is 0 Å². The van der Waals surface area contributed by atoms with E-state index in [0.717, 1.165) is 51.6 Å². The van der Waals surface area contributed by atoms with Crippen molar-refractivity contribution in [2.75, 3.05) is 59.0 Å². The summed E-state index contributed by atoms with van der Waals surface area (Å²) in [5, 5.41) is 13.7. The third kappa shape index (κ3) is 9.04. The molecule has 154 valence electrons. The fourth-order valence-corrected chi connectivity index (χ4v) is 3.18. The molecule has 0 amide bonds. The van der Waals surface area contributed by atoms with Crippen LogP contribution >= 0.6 is 0 Å². The Balaban J connectivity index is 1.65. The first kappa shape index (κ1) is 22.1. The van der Waals surface area contributed by atoms with Crippen molar-refractivity contribution in [1.29, 1.82) is 0 Å². The van der Waals surface area contributed by atoms with Gasteiger partial charge in [-0.25, -0.2) is 0 Å². The van der Waals surface area contributed by atoms with Crippen LogP contribution in [0.25, 0.3) is 0 Å². The molecule has 1 saturated heterocycles. The molecule has 1 atom stereocenters. The van der Waals surface area contributed by atoms with Gasteiger partial charge in [-0.2, -0.15) is 0 Å². The summed E-state index contributed by atoms with van der Waals surface area (Å²) in [5.41, 5.74) is 1.17. The molecule has 0 aromatic heterocycles. The maximum atomic E-state index is 10.3. The number of hydrogen-bond donors (Lipinski definition) is 2. The Morgan fingerprint density at radius 3 is 2.59 bits per heavy atom. The lowest BCUT2D eigenvalue weighted by atomic mass is 10.2. The number of benzene rings is 1. The zero-order chi connectivity index (χ0) is 19.5. The van der Waals surface area contributed by atoms with Gasteiger partial charge in [0.25, 0.3) is 0 Å². The second-order valence-corrected chi connectivity index (χ2v) is 7.44. The van der Waals surface area contributed by atoms with Crippen molar-refractivity contribution in [2.45, 2.75) is 39.5 Å². The average molecular weight is 380 g/mol. The molecule has 1 aromatic rings. The highest BCUT2D eigenvalue weighted by atomic mass is 16.5. The van der Waals surface area contributed by atoms with Crippen LogP contribution in [0, 0.1) is 0 Å². The number of likely N-dealkylation sites (N-methyl/N-ethyl adjacent to an activating group) is 1. The van der Waals surface area contributed by atoms with Crippen molar-refractivity contribution in [3.05, 3.63) is 29.8 Å². The van der Waals surface area contributed by atoms with E-state index in [1.54, 1.807) is 0 Å². The van der Waals surface area contributed by atoms with E-state index in [1.165, 1.54) is 5.56 Å². The highest BCUT2D eigenvalue weighted by molar-refractivity contribution is 5.28. The third-order valence-corrected chi connectivity index (χ3v) is 4.78. The van der Waals surface area contributed by atoms with Gasteiger partial charge >= 0.3 is 0 Å². The van der Waals surface area contributed by atoms with E-state index < -0.39 is 6.10 Å². The first-order valence-electron chi connectivity index (χ1n) is 10.2. The van der Waals surface area contributed by atoms with E-state index >= 15 is 0 Å². The van der Waals surface area contributed by atoms with Gasteiger partial charge in [-0.15, -0.1) is 0 Å². The molecule has 0 bridgehead atoms. The van der Waals surface area contributed by atoms with Crippen LogP contribution in [0.4, 0.5) is 0 Å². The molecule has 0 radical (unpaired) electrons. The Morgan fingerprint density at radius 1 is 1.15 bits per heavy atom. The third-order valence-electron chi connectivity index (χ3n) is 4.78. The number of hydrogen-bond acceptors (Lipinski definition) is 6. The quantitative estimate of drug-likeness (QED) is 0.538. The molecule has 27 heavy (non-hydrogen) atoms. The van der Waals surface area contributed by atoms with Crippen LogP contribution in [-0.2, 0) is 11.3 Å². The molecule has 2 N–H and O–H groups in total. The zero-order valence-electron chi connectivity index (χ0n) is 17.2. The number of piperazine rings is 1. The van der Waals surface area contributed by atoms with Crippen LogP contribution < -0.4 is 10.1 Å². The number of aliphatic hydroxyl groups excluding tert-OH is 1. The van der Waals surface area contributed by atoms with Gasteiger partial charge in [-0.3, -0.25) is 4.90 Å². The number of rotatable bonds is 12. The first-order chi connectivity index (χ1) is 13.1. The standard InChI is InChI=1S/C21H37N3O3/c1-4-23-9-11-24(12-10-23)16-20(25)17-27-21-7-5-6-19(14-21)15-22-8-13-26-18(2)3/h5-7,14,18,20,22,25H,4,8-13,15-17H2,1-3H3/t20-/m0/s1. The smallest absolute Gasteiger partial charge is 0.119 e. The van der Waals surface area contributed by atoms with E-state index in [4.69, 9.17) is 9.47 Å². The molecule has 6 nitrogen and oxygen atoms in total. The van der Waals surface area contributed by atoms with Gasteiger partial charge in [0.05, 0.1) is 12.7 Å². The molecule has 6 heteroatoms. The van der Waals surface area contributed by atoms with Crippen LogP contribution in [0.2, 0.25) is 0 Å². The normalized spacial score (nSPS) is 17.4. The van der Waals surface area contributed by atoms with Gasteiger partial charge in [-0.1, -0.05) is 19.1 Å². The monoisotopic (exact) mass is 379 g/mol. The van der Waals surface area contributed by atoms with Crippen molar-refractivity contribution >= 4 is 0 Å². The second-order valence-electron chi connectivity index (χ2n) is 7.44. The van der Waals surface area contributed by atoms with E-state index in [1.807, 2.05) is 32.0 Å². The highest BCUT2D eigenvalue weighted by Crippen LogP contribution is 2.14. The minimum absolute atomic E-state index is 0.269. The van der Waals surface area contributed by atoms with Crippen LogP contribution in [0.15, 0.2) is 24.3 Å². The van der Waals surface area contributed by atoms with Crippen LogP contribution in [0.5, 0.6) is 5.75 Å². The minimum atomic E-state index is -0.465. The van der Waals surface area contributed by atoms with E-state index in [9.17, 15) is 5.11 Å². The summed E-state index contributed by atoms with van der Waals surface area (Å²) in [6.45, 7) is 14.9. The molecule has 1 heterocycles. The lowest BCUT2D eigenvalue weighted by Crippen LogP contribution is -2.49. The molecule has 1 aromatic carbocycles. The van der Waals surface area contributed by atoms with E-state index in [-0.39, 0.29) is 6.10 Å². The maximum absolute atomic E-state index is 10.3. The molecular formula is C21H37N3O3. The number of ether oxygens (including phenoxy) is 2. The predicted octanol–water partition coefficient (Wildman–Crippen LogP) is 1.58. The largest absolute Gasteiger partial charge is 0.491 e. The Hall–Kier alpha value is -1.18. The summed E-state index contributed by atoms with van der Waals surface area (Å²) in [5.74, 6) is 0.808. The van der Waals surface area contributed by atoms with E-state index in [0.29, 0.717) is 19.8 Å². The van der Waals surface area contributed by atoms with Crippen molar-refractivity contribution < 1.29 is 14.6 Å². The Morgan fingerprint density at radius 2 is 1.89 bits per heavy atom. The van der Waals surface area contributed by atoms with Gasteiger partial charge in [0.1, 0.15) is 18.5 Å². The summed E-state index contributed by atoms with van der Waals surface area (Å²) in [6.07, 6.45) is -0.196. The Kier molecular flexibility index (Phi) is 10.1. The molecule has 0 aliphatic carbocycles. The van der Waals surface area contributed by atoms with Crippen LogP contribution in [0.1, 0.15) is 26.3 Å². The van der Waals surface area contributed by atoms with Gasteiger partial charge in [-0.05, 0) is 38.1 Å². The van der Waals surface area contributed by atoms with Gasteiger partial charge < -0.3 is 24.8 Å². The number of aliphatic hydroxyl groups is 1. The summed E-state index contributed by atoms with van der Waals surface area (Å²) in [4.78, 5) is 4.76. The Bertz CT molecular complexity index is 519. The molecule has 0 unspecified atom stereocenters. The predicted molar refractivity (Wildman–Crippen MR) is 109 cm³/mol.